The lowest BCUT2D eigenvalue weighted by atomic mass is 9.94. The van der Waals surface area contributed by atoms with Crippen LogP contribution in [-0.2, 0) is 11.4 Å². The predicted octanol–water partition coefficient (Wildman–Crippen LogP) is 1.93. The third-order valence-electron chi connectivity index (χ3n) is 7.44. The third kappa shape index (κ3) is 3.42. The number of halogens is 2. The molecule has 1 aromatic carbocycles. The average Bonchev–Trinajstić information content (AvgIpc) is 3.05. The van der Waals surface area contributed by atoms with E-state index in [2.05, 4.69) is 10.5 Å². The quantitative estimate of drug-likeness (QED) is 0.664. The molecule has 2 N–H and O–H groups in total. The van der Waals surface area contributed by atoms with Gasteiger partial charge in [-0.2, -0.15) is 0 Å². The van der Waals surface area contributed by atoms with Crippen LogP contribution in [0.1, 0.15) is 59.1 Å². The molecule has 0 radical (unpaired) electrons. The molecule has 3 unspecified atom stereocenters. The first-order valence-electron chi connectivity index (χ1n) is 11.5. The van der Waals surface area contributed by atoms with Crippen molar-refractivity contribution in [2.24, 2.45) is 5.16 Å². The van der Waals surface area contributed by atoms with Gasteiger partial charge in [-0.25, -0.2) is 8.78 Å². The van der Waals surface area contributed by atoms with Gasteiger partial charge in [0.1, 0.15) is 29.1 Å². The molecule has 0 saturated carbocycles. The Hall–Kier alpha value is -3.96. The Morgan fingerprint density at radius 1 is 1.33 bits per heavy atom. The van der Waals surface area contributed by atoms with Gasteiger partial charge in [0.25, 0.3) is 11.8 Å². The van der Waals surface area contributed by atoms with E-state index in [0.717, 1.165) is 6.07 Å². The number of nitrogens with one attached hydrogen (secondary N) is 1. The predicted molar refractivity (Wildman–Crippen MR) is 123 cm³/mol. The molecule has 4 heterocycles. The highest BCUT2D eigenvalue weighted by Gasteiger charge is 2.56. The topological polar surface area (TPSA) is 116 Å². The number of fused-ring (bicyclic) bond motifs is 5. The summed E-state index contributed by atoms with van der Waals surface area (Å²) in [7, 11) is 1.81. The maximum absolute atomic E-state index is 14.0. The van der Waals surface area contributed by atoms with Crippen molar-refractivity contribution in [3.8, 4) is 5.75 Å². The van der Waals surface area contributed by atoms with E-state index in [1.165, 1.54) is 16.8 Å². The fourth-order valence-corrected chi connectivity index (χ4v) is 5.19. The second-order valence-corrected chi connectivity index (χ2v) is 9.39. The number of carbonyl (C=O) groups is 2. The van der Waals surface area contributed by atoms with Gasteiger partial charge in [-0.15, -0.1) is 0 Å². The number of amidine groups is 1. The van der Waals surface area contributed by atoms with Crippen LogP contribution in [-0.4, -0.2) is 62.5 Å². The van der Waals surface area contributed by atoms with Gasteiger partial charge < -0.3 is 29.6 Å². The number of pyridine rings is 1. The number of oxime groups is 1. The van der Waals surface area contributed by atoms with Crippen molar-refractivity contribution >= 4 is 17.6 Å². The van der Waals surface area contributed by atoms with E-state index in [0.29, 0.717) is 24.7 Å². The Morgan fingerprint density at radius 2 is 2.08 bits per heavy atom. The zero-order valence-electron chi connectivity index (χ0n) is 19.9. The molecule has 0 aliphatic carbocycles. The monoisotopic (exact) mass is 501 g/mol. The molecule has 1 spiro atoms. The van der Waals surface area contributed by atoms with Crippen molar-refractivity contribution in [1.29, 1.82) is 0 Å². The molecule has 2 bridgehead atoms. The molecule has 36 heavy (non-hydrogen) atoms. The van der Waals surface area contributed by atoms with Gasteiger partial charge in [-0.05, 0) is 26.3 Å². The van der Waals surface area contributed by atoms with Crippen molar-refractivity contribution in [3.63, 3.8) is 0 Å². The first-order valence-corrected chi connectivity index (χ1v) is 11.5. The van der Waals surface area contributed by atoms with E-state index >= 15 is 0 Å². The molecule has 12 heteroatoms. The summed E-state index contributed by atoms with van der Waals surface area (Å²) >= 11 is 0. The molecular weight excluding hydrogens is 476 g/mol. The number of hydrogen-bond acceptors (Lipinski definition) is 7. The summed E-state index contributed by atoms with van der Waals surface area (Å²) < 4.78 is 28.6. The Kier molecular flexibility index (Phi) is 5.49. The highest BCUT2D eigenvalue weighted by molar-refractivity contribution is 5.99. The smallest absolute Gasteiger partial charge is 0.274 e. The molecule has 1 aromatic heterocycles. The number of amides is 2. The van der Waals surface area contributed by atoms with E-state index < -0.39 is 52.0 Å². The van der Waals surface area contributed by atoms with Crippen LogP contribution in [0.4, 0.5) is 8.78 Å². The summed E-state index contributed by atoms with van der Waals surface area (Å²) in [6.07, 6.45) is 2.32. The first kappa shape index (κ1) is 23.8. The van der Waals surface area contributed by atoms with E-state index in [1.54, 1.807) is 11.8 Å². The van der Waals surface area contributed by atoms with Gasteiger partial charge in [0, 0.05) is 50.4 Å². The Labute approximate surface area is 204 Å². The van der Waals surface area contributed by atoms with Crippen LogP contribution in [0.25, 0.3) is 0 Å². The van der Waals surface area contributed by atoms with Crippen LogP contribution in [0, 0.1) is 11.6 Å². The van der Waals surface area contributed by atoms with Gasteiger partial charge >= 0.3 is 0 Å². The second-order valence-electron chi connectivity index (χ2n) is 9.39. The largest absolute Gasteiger partial charge is 0.503 e. The zero-order chi connectivity index (χ0) is 25.9. The van der Waals surface area contributed by atoms with E-state index in [-0.39, 0.29) is 30.4 Å². The van der Waals surface area contributed by atoms with Crippen LogP contribution < -0.4 is 10.7 Å². The van der Waals surface area contributed by atoms with Crippen LogP contribution >= 0.6 is 0 Å². The molecule has 1 fully saturated rings. The number of rotatable bonds is 3. The van der Waals surface area contributed by atoms with Crippen molar-refractivity contribution in [2.45, 2.75) is 51.0 Å². The minimum atomic E-state index is -1.03. The van der Waals surface area contributed by atoms with Gasteiger partial charge in [0.05, 0.1) is 0 Å². The van der Waals surface area contributed by atoms with Crippen molar-refractivity contribution in [3.05, 3.63) is 63.1 Å². The summed E-state index contributed by atoms with van der Waals surface area (Å²) in [6.45, 7) is 3.57. The van der Waals surface area contributed by atoms with Gasteiger partial charge in [-0.3, -0.25) is 14.4 Å². The van der Waals surface area contributed by atoms with Crippen LogP contribution in [0.5, 0.6) is 5.75 Å². The number of benzene rings is 1. The second kappa shape index (κ2) is 8.32. The third-order valence-corrected chi connectivity index (χ3v) is 7.44. The summed E-state index contributed by atoms with van der Waals surface area (Å²) in [6, 6.07) is 2.13. The molecule has 3 aliphatic rings. The summed E-state index contributed by atoms with van der Waals surface area (Å²) in [5.41, 5.74) is -2.67. The lowest BCUT2D eigenvalue weighted by Crippen LogP contribution is -2.57. The maximum atomic E-state index is 14.0. The van der Waals surface area contributed by atoms with Crippen molar-refractivity contribution in [1.82, 2.24) is 19.7 Å². The van der Waals surface area contributed by atoms with Crippen LogP contribution in [0.3, 0.4) is 0 Å². The Balaban J connectivity index is 1.57. The minimum Gasteiger partial charge on any atom is -0.503 e. The summed E-state index contributed by atoms with van der Waals surface area (Å²) in [4.78, 5) is 48.7. The van der Waals surface area contributed by atoms with E-state index in [1.807, 2.05) is 18.9 Å². The first-order chi connectivity index (χ1) is 17.0. The summed E-state index contributed by atoms with van der Waals surface area (Å²) in [5.74, 6) is -3.24. The van der Waals surface area contributed by atoms with E-state index in [9.17, 15) is 28.3 Å². The number of likely N-dealkylation sites (N-methyl/N-ethyl adjacent to an activating group) is 1. The fraction of sp³-hybridized carbons (Fsp3) is 0.417. The molecule has 3 aliphatic heterocycles. The maximum Gasteiger partial charge on any atom is 0.274 e. The van der Waals surface area contributed by atoms with E-state index in [4.69, 9.17) is 4.84 Å². The highest BCUT2D eigenvalue weighted by atomic mass is 19.1. The molecule has 5 rings (SSSR count). The molecule has 1 saturated heterocycles. The fourth-order valence-electron chi connectivity index (χ4n) is 5.19. The molecule has 2 aromatic rings. The van der Waals surface area contributed by atoms with Crippen molar-refractivity contribution < 1.29 is 28.3 Å². The number of carbonyl (C=O) groups excluding carboxylic acids is 2. The average molecular weight is 501 g/mol. The molecule has 190 valence electrons. The van der Waals surface area contributed by atoms with Crippen LogP contribution in [0.2, 0.25) is 0 Å². The number of hydrogen-bond donors (Lipinski definition) is 2. The minimum absolute atomic E-state index is 0.0168. The number of aromatic hydroxyl groups is 1. The van der Waals surface area contributed by atoms with Gasteiger partial charge in [0.15, 0.2) is 11.4 Å². The van der Waals surface area contributed by atoms with Gasteiger partial charge in [0.2, 0.25) is 11.2 Å². The van der Waals surface area contributed by atoms with Crippen LogP contribution in [0.15, 0.2) is 34.3 Å². The molecule has 10 nitrogen and oxygen atoms in total. The van der Waals surface area contributed by atoms with Crippen molar-refractivity contribution in [2.75, 3.05) is 13.6 Å². The Morgan fingerprint density at radius 3 is 2.75 bits per heavy atom. The molecule has 3 atom stereocenters. The number of nitrogens with zero attached hydrogens (tertiary/aromatic N) is 4. The zero-order valence-corrected chi connectivity index (χ0v) is 19.9. The number of aromatic nitrogens is 1. The SMILES string of the molecule is CC1=NOC2(CCC(C)N3CC2n2cc(C(=O)NCc4ccc(F)cc4F)c(=O)c(O)c2C3=O)N1C. The molecule has 2 amide bonds. The normalized spacial score (nSPS) is 24.8. The molecular formula is C24H25F2N5O5. The Bertz CT molecular complexity index is 1380. The standard InChI is InChI=1S/C24H25F2N5O5/c1-12-6-7-24(29(3)13(2)28-36-24)18-11-30(12)23(35)19-21(33)20(32)16(10-31(18)19)22(34)27-9-14-4-5-15(25)8-17(14)26/h4-5,8,10,12,18,33H,6-7,9,11H2,1-3H3,(H,27,34). The van der Waals surface area contributed by atoms with Gasteiger partial charge in [-0.1, -0.05) is 11.2 Å². The summed E-state index contributed by atoms with van der Waals surface area (Å²) in [5, 5.41) is 17.4. The highest BCUT2D eigenvalue weighted by Crippen LogP contribution is 2.45. The lowest BCUT2D eigenvalue weighted by molar-refractivity contribution is -0.132. The lowest BCUT2D eigenvalue weighted by Gasteiger charge is -2.44.